The van der Waals surface area contributed by atoms with Gasteiger partial charge < -0.3 is 10.6 Å². The average molecular weight is 386 g/mol. The van der Waals surface area contributed by atoms with Crippen LogP contribution in [0.2, 0.25) is 5.02 Å². The van der Waals surface area contributed by atoms with Crippen LogP contribution >= 0.6 is 11.6 Å². The highest BCUT2D eigenvalue weighted by molar-refractivity contribution is 7.89. The smallest absolute Gasteiger partial charge is 0.319 e. The highest BCUT2D eigenvalue weighted by Gasteiger charge is 2.07. The molecule has 3 N–H and O–H groups in total. The lowest BCUT2D eigenvalue weighted by atomic mass is 10.3. The second kappa shape index (κ2) is 8.84. The van der Waals surface area contributed by atoms with Gasteiger partial charge in [0.25, 0.3) is 0 Å². The molecule has 0 spiro atoms. The first-order chi connectivity index (χ1) is 11.9. The minimum atomic E-state index is -3.20. The Morgan fingerprint density at radius 1 is 1.32 bits per heavy atom. The Hall–Kier alpha value is -2.10. The van der Waals surface area contributed by atoms with E-state index < -0.39 is 10.0 Å². The van der Waals surface area contributed by atoms with Crippen molar-refractivity contribution in [2.24, 2.45) is 0 Å². The maximum atomic E-state index is 11.8. The molecule has 0 unspecified atom stereocenters. The van der Waals surface area contributed by atoms with Crippen molar-refractivity contribution in [1.29, 1.82) is 0 Å². The van der Waals surface area contributed by atoms with Crippen molar-refractivity contribution in [3.63, 3.8) is 0 Å². The fourth-order valence-corrected chi connectivity index (χ4v) is 2.90. The molecular formula is C15H20ClN5O3S. The number of hydrogen-bond donors (Lipinski definition) is 3. The van der Waals surface area contributed by atoms with Crippen LogP contribution in [-0.2, 0) is 10.0 Å². The highest BCUT2D eigenvalue weighted by Crippen LogP contribution is 2.23. The molecule has 8 nitrogen and oxygen atoms in total. The van der Waals surface area contributed by atoms with E-state index in [-0.39, 0.29) is 18.3 Å². The van der Waals surface area contributed by atoms with Crippen LogP contribution in [0, 0.1) is 0 Å². The molecular weight excluding hydrogens is 366 g/mol. The van der Waals surface area contributed by atoms with Crippen LogP contribution < -0.4 is 15.4 Å². The fourth-order valence-electron chi connectivity index (χ4n) is 1.98. The molecule has 1 aromatic carbocycles. The normalized spacial score (nSPS) is 11.3. The molecule has 0 aliphatic carbocycles. The van der Waals surface area contributed by atoms with Gasteiger partial charge in [0.15, 0.2) is 0 Å². The third-order valence-electron chi connectivity index (χ3n) is 3.30. The third-order valence-corrected chi connectivity index (χ3v) is 5.00. The SMILES string of the molecule is CCS(=O)(=O)NCCCNC(=O)Nc1ccc(-n2cccn2)c(Cl)c1. The molecule has 0 saturated heterocycles. The van der Waals surface area contributed by atoms with Crippen molar-refractivity contribution in [2.75, 3.05) is 24.2 Å². The number of halogens is 1. The van der Waals surface area contributed by atoms with Gasteiger partial charge in [-0.15, -0.1) is 0 Å². The van der Waals surface area contributed by atoms with Gasteiger partial charge in [-0.1, -0.05) is 11.6 Å². The van der Waals surface area contributed by atoms with Gasteiger partial charge in [0, 0.05) is 31.2 Å². The third kappa shape index (κ3) is 6.04. The Bertz CT molecular complexity index is 809. The number of rotatable bonds is 8. The summed E-state index contributed by atoms with van der Waals surface area (Å²) in [6, 6.07) is 6.51. The van der Waals surface area contributed by atoms with Crippen LogP contribution in [0.3, 0.4) is 0 Å². The molecule has 25 heavy (non-hydrogen) atoms. The molecule has 0 saturated carbocycles. The van der Waals surface area contributed by atoms with Crippen LogP contribution in [0.15, 0.2) is 36.7 Å². The number of nitrogens with zero attached hydrogens (tertiary/aromatic N) is 2. The number of benzene rings is 1. The second-order valence-electron chi connectivity index (χ2n) is 5.15. The first-order valence-electron chi connectivity index (χ1n) is 7.73. The molecule has 1 heterocycles. The van der Waals surface area contributed by atoms with Gasteiger partial charge in [0.1, 0.15) is 0 Å². The molecule has 1 aromatic heterocycles. The molecule has 0 radical (unpaired) electrons. The molecule has 0 aliphatic rings. The number of carbonyl (C=O) groups excluding carboxylic acids is 1. The van der Waals surface area contributed by atoms with Crippen molar-refractivity contribution in [3.8, 4) is 5.69 Å². The summed E-state index contributed by atoms with van der Waals surface area (Å²) in [7, 11) is -3.20. The zero-order valence-electron chi connectivity index (χ0n) is 13.7. The first-order valence-corrected chi connectivity index (χ1v) is 9.76. The molecule has 2 amide bonds. The number of amides is 2. The molecule has 2 rings (SSSR count). The lowest BCUT2D eigenvalue weighted by Crippen LogP contribution is -2.32. The number of carbonyl (C=O) groups is 1. The molecule has 10 heteroatoms. The Kier molecular flexibility index (Phi) is 6.80. The van der Waals surface area contributed by atoms with E-state index in [2.05, 4.69) is 20.5 Å². The van der Waals surface area contributed by atoms with Gasteiger partial charge in [-0.05, 0) is 37.6 Å². The summed E-state index contributed by atoms with van der Waals surface area (Å²) in [6.45, 7) is 2.19. The van der Waals surface area contributed by atoms with Crippen LogP contribution in [-0.4, -0.2) is 43.1 Å². The van der Waals surface area contributed by atoms with Crippen molar-refractivity contribution in [2.45, 2.75) is 13.3 Å². The summed E-state index contributed by atoms with van der Waals surface area (Å²) < 4.78 is 26.6. The van der Waals surface area contributed by atoms with Crippen molar-refractivity contribution in [3.05, 3.63) is 41.7 Å². The minimum absolute atomic E-state index is 0.0379. The summed E-state index contributed by atoms with van der Waals surface area (Å²) in [6.07, 6.45) is 3.91. The van der Waals surface area contributed by atoms with E-state index in [4.69, 9.17) is 11.6 Å². The lowest BCUT2D eigenvalue weighted by molar-refractivity contribution is 0.252. The standard InChI is InChI=1S/C15H20ClN5O3S/c1-2-25(23,24)19-9-3-7-17-15(22)20-12-5-6-14(13(16)11-12)21-10-4-8-18-21/h4-6,8,10-11,19H,2-3,7,9H2,1H3,(H2,17,20,22). The molecule has 0 bridgehead atoms. The van der Waals surface area contributed by atoms with Gasteiger partial charge in [0.05, 0.1) is 16.5 Å². The zero-order chi connectivity index (χ0) is 18.3. The molecule has 136 valence electrons. The van der Waals surface area contributed by atoms with Gasteiger partial charge in [-0.25, -0.2) is 22.6 Å². The Balaban J connectivity index is 1.78. The number of urea groups is 1. The summed E-state index contributed by atoms with van der Waals surface area (Å²) in [5.74, 6) is 0.0379. The van der Waals surface area contributed by atoms with Gasteiger partial charge in [0.2, 0.25) is 10.0 Å². The maximum absolute atomic E-state index is 11.8. The number of anilines is 1. The Labute approximate surface area is 151 Å². The molecule has 2 aromatic rings. The van der Waals surface area contributed by atoms with Crippen molar-refractivity contribution >= 4 is 33.3 Å². The molecule has 0 fully saturated rings. The van der Waals surface area contributed by atoms with E-state index >= 15 is 0 Å². The van der Waals surface area contributed by atoms with Gasteiger partial charge in [-0.3, -0.25) is 0 Å². The number of sulfonamides is 1. The molecule has 0 atom stereocenters. The largest absolute Gasteiger partial charge is 0.338 e. The maximum Gasteiger partial charge on any atom is 0.319 e. The van der Waals surface area contributed by atoms with Crippen LogP contribution in [0.1, 0.15) is 13.3 Å². The second-order valence-corrected chi connectivity index (χ2v) is 7.65. The van der Waals surface area contributed by atoms with E-state index in [1.54, 1.807) is 48.3 Å². The Morgan fingerprint density at radius 2 is 2.12 bits per heavy atom. The number of nitrogens with one attached hydrogen (secondary N) is 3. The van der Waals surface area contributed by atoms with Crippen molar-refractivity contribution in [1.82, 2.24) is 19.8 Å². The minimum Gasteiger partial charge on any atom is -0.338 e. The van der Waals surface area contributed by atoms with Crippen LogP contribution in [0.4, 0.5) is 10.5 Å². The summed E-state index contributed by atoms with van der Waals surface area (Å²) in [5, 5.41) is 9.88. The number of hydrogen-bond acceptors (Lipinski definition) is 4. The van der Waals surface area contributed by atoms with Crippen LogP contribution in [0.5, 0.6) is 0 Å². The van der Waals surface area contributed by atoms with Gasteiger partial charge >= 0.3 is 6.03 Å². The summed E-state index contributed by atoms with van der Waals surface area (Å²) >= 11 is 6.21. The summed E-state index contributed by atoms with van der Waals surface area (Å²) in [4.78, 5) is 11.8. The lowest BCUT2D eigenvalue weighted by Gasteiger charge is -2.10. The molecule has 0 aliphatic heterocycles. The van der Waals surface area contributed by atoms with E-state index in [0.29, 0.717) is 29.4 Å². The van der Waals surface area contributed by atoms with Crippen molar-refractivity contribution < 1.29 is 13.2 Å². The van der Waals surface area contributed by atoms with E-state index in [1.165, 1.54) is 0 Å². The zero-order valence-corrected chi connectivity index (χ0v) is 15.3. The number of aromatic nitrogens is 2. The Morgan fingerprint density at radius 3 is 2.76 bits per heavy atom. The highest BCUT2D eigenvalue weighted by atomic mass is 35.5. The average Bonchev–Trinajstić information content (AvgIpc) is 3.09. The predicted octanol–water partition coefficient (Wildman–Crippen LogP) is 1.98. The van der Waals surface area contributed by atoms with E-state index in [1.807, 2.05) is 0 Å². The monoisotopic (exact) mass is 385 g/mol. The predicted molar refractivity (Wildman–Crippen MR) is 97.7 cm³/mol. The topological polar surface area (TPSA) is 105 Å². The first kappa shape index (κ1) is 19.2. The van der Waals surface area contributed by atoms with E-state index in [0.717, 1.165) is 0 Å². The van der Waals surface area contributed by atoms with Crippen LogP contribution in [0.25, 0.3) is 5.69 Å². The van der Waals surface area contributed by atoms with Gasteiger partial charge in [-0.2, -0.15) is 5.10 Å². The summed E-state index contributed by atoms with van der Waals surface area (Å²) in [5.41, 5.74) is 1.26. The van der Waals surface area contributed by atoms with E-state index in [9.17, 15) is 13.2 Å². The quantitative estimate of drug-likeness (QED) is 0.604. The fraction of sp³-hybridized carbons (Fsp3) is 0.333.